The minimum Gasteiger partial charge on any atom is -0.337 e. The Balaban J connectivity index is 1.18. The van der Waals surface area contributed by atoms with E-state index in [2.05, 4.69) is 25.3 Å². The van der Waals surface area contributed by atoms with Crippen LogP contribution in [0.25, 0.3) is 5.69 Å². The number of anilines is 1. The molecule has 0 radical (unpaired) electrons. The van der Waals surface area contributed by atoms with Crippen LogP contribution in [-0.2, 0) is 4.79 Å². The highest BCUT2D eigenvalue weighted by Gasteiger charge is 2.24. The zero-order valence-corrected chi connectivity index (χ0v) is 18.1. The number of benzene rings is 1. The summed E-state index contributed by atoms with van der Waals surface area (Å²) in [5.74, 6) is 2.74. The molecule has 2 fully saturated rings. The monoisotopic (exact) mass is 430 g/mol. The van der Waals surface area contributed by atoms with E-state index in [0.717, 1.165) is 81.8 Å². The van der Waals surface area contributed by atoms with Gasteiger partial charge in [0, 0.05) is 38.5 Å². The van der Waals surface area contributed by atoms with E-state index >= 15 is 0 Å². The second-order valence-electron chi connectivity index (χ2n) is 7.80. The number of thioether (sulfide) groups is 1. The number of nitrogens with zero attached hydrogens (tertiary/aromatic N) is 7. The summed E-state index contributed by atoms with van der Waals surface area (Å²) in [7, 11) is 0. The topological polar surface area (TPSA) is 96.4 Å². The first-order valence-electron chi connectivity index (χ1n) is 10.7. The van der Waals surface area contributed by atoms with E-state index < -0.39 is 0 Å². The fourth-order valence-corrected chi connectivity index (χ4v) is 4.89. The van der Waals surface area contributed by atoms with Crippen LogP contribution >= 0.6 is 11.8 Å². The van der Waals surface area contributed by atoms with E-state index in [4.69, 9.17) is 5.73 Å². The third-order valence-corrected chi connectivity index (χ3v) is 6.70. The summed E-state index contributed by atoms with van der Waals surface area (Å²) >= 11 is 1.80. The average molecular weight is 431 g/mol. The van der Waals surface area contributed by atoms with Crippen molar-refractivity contribution in [1.82, 2.24) is 30.0 Å². The van der Waals surface area contributed by atoms with Gasteiger partial charge >= 0.3 is 0 Å². The summed E-state index contributed by atoms with van der Waals surface area (Å²) in [4.78, 5) is 18.9. The summed E-state index contributed by atoms with van der Waals surface area (Å²) in [6.07, 6.45) is 2.82. The number of unbranched alkanes of at least 4 members (excludes halogenated alkanes) is 1. The lowest BCUT2D eigenvalue weighted by atomic mass is 10.1. The minimum absolute atomic E-state index is 0.116. The Hall–Kier alpha value is -2.17. The number of piperazine rings is 1. The fourth-order valence-electron chi connectivity index (χ4n) is 3.93. The molecule has 3 heterocycles. The van der Waals surface area contributed by atoms with Gasteiger partial charge in [0.15, 0.2) is 0 Å². The van der Waals surface area contributed by atoms with Crippen LogP contribution in [0.15, 0.2) is 30.3 Å². The number of amides is 1. The van der Waals surface area contributed by atoms with Crippen LogP contribution in [0, 0.1) is 0 Å². The molecular weight excluding hydrogens is 400 g/mol. The van der Waals surface area contributed by atoms with Crippen LogP contribution in [0.2, 0.25) is 0 Å². The quantitative estimate of drug-likeness (QED) is 0.615. The molecule has 0 spiro atoms. The SMILES string of the molecule is N[C@@H](CCCCN1CCN(c2nnnn2-c2ccccc2)CC1)C(=O)N1CCSC1. The molecular formula is C20H30N8OS. The normalized spacial score (nSPS) is 18.7. The molecule has 0 unspecified atom stereocenters. The first-order valence-corrected chi connectivity index (χ1v) is 11.8. The predicted octanol–water partition coefficient (Wildman–Crippen LogP) is 0.815. The molecule has 2 N–H and O–H groups in total. The lowest BCUT2D eigenvalue weighted by Gasteiger charge is -2.34. The standard InChI is InChI=1S/C20H30N8OS/c21-18(19(29)27-14-15-30-16-27)8-4-5-9-25-10-12-26(13-11-25)20-22-23-24-28(20)17-6-2-1-3-7-17/h1-3,6-7,18H,4-5,8-16,21H2/t18-/m0/s1. The molecule has 162 valence electrons. The second kappa shape index (κ2) is 10.2. The molecule has 2 saturated heterocycles. The van der Waals surface area contributed by atoms with Gasteiger partial charge in [0.2, 0.25) is 11.9 Å². The van der Waals surface area contributed by atoms with Crippen LogP contribution in [0.3, 0.4) is 0 Å². The zero-order chi connectivity index (χ0) is 20.8. The Morgan fingerprint density at radius 2 is 1.90 bits per heavy atom. The van der Waals surface area contributed by atoms with Crippen LogP contribution in [0.4, 0.5) is 5.95 Å². The van der Waals surface area contributed by atoms with Crippen LogP contribution in [0.5, 0.6) is 0 Å². The lowest BCUT2D eigenvalue weighted by molar-refractivity contribution is -0.131. The van der Waals surface area contributed by atoms with Crippen molar-refractivity contribution in [2.75, 3.05) is 55.8 Å². The Morgan fingerprint density at radius 1 is 1.10 bits per heavy atom. The van der Waals surface area contributed by atoms with Crippen molar-refractivity contribution >= 4 is 23.6 Å². The van der Waals surface area contributed by atoms with Crippen molar-refractivity contribution in [3.05, 3.63) is 30.3 Å². The number of aromatic nitrogens is 4. The molecule has 1 amide bonds. The first-order chi connectivity index (χ1) is 14.7. The molecule has 9 nitrogen and oxygen atoms in total. The maximum Gasteiger partial charge on any atom is 0.250 e. The Morgan fingerprint density at radius 3 is 2.63 bits per heavy atom. The van der Waals surface area contributed by atoms with E-state index in [-0.39, 0.29) is 11.9 Å². The van der Waals surface area contributed by atoms with Gasteiger partial charge in [0.1, 0.15) is 0 Å². The molecule has 4 rings (SSSR count). The molecule has 2 aromatic rings. The predicted molar refractivity (Wildman–Crippen MR) is 119 cm³/mol. The smallest absolute Gasteiger partial charge is 0.250 e. The van der Waals surface area contributed by atoms with Crippen molar-refractivity contribution in [3.8, 4) is 5.69 Å². The lowest BCUT2D eigenvalue weighted by Crippen LogP contribution is -2.47. The minimum atomic E-state index is -0.350. The van der Waals surface area contributed by atoms with E-state index in [9.17, 15) is 4.79 Å². The van der Waals surface area contributed by atoms with Gasteiger partial charge in [-0.3, -0.25) is 9.69 Å². The molecule has 1 atom stereocenters. The number of nitrogens with two attached hydrogens (primary N) is 1. The van der Waals surface area contributed by atoms with Gasteiger partial charge in [0.05, 0.1) is 17.6 Å². The van der Waals surface area contributed by atoms with Crippen LogP contribution in [-0.4, -0.2) is 92.9 Å². The summed E-state index contributed by atoms with van der Waals surface area (Å²) in [5, 5.41) is 12.3. The van der Waals surface area contributed by atoms with E-state index in [0.29, 0.717) is 0 Å². The van der Waals surface area contributed by atoms with Gasteiger partial charge < -0.3 is 15.5 Å². The maximum atomic E-state index is 12.3. The molecule has 0 saturated carbocycles. The summed E-state index contributed by atoms with van der Waals surface area (Å²) in [6, 6.07) is 9.63. The van der Waals surface area contributed by atoms with E-state index in [1.807, 2.05) is 35.2 Å². The molecule has 0 bridgehead atoms. The number of carbonyl (C=O) groups excluding carboxylic acids is 1. The van der Waals surface area contributed by atoms with E-state index in [1.54, 1.807) is 16.4 Å². The molecule has 2 aliphatic rings. The van der Waals surface area contributed by atoms with Crippen molar-refractivity contribution < 1.29 is 4.79 Å². The first kappa shape index (κ1) is 21.1. The summed E-state index contributed by atoms with van der Waals surface area (Å²) in [5.41, 5.74) is 7.08. The Labute approximate surface area is 181 Å². The average Bonchev–Trinajstić information content (AvgIpc) is 3.49. The molecule has 1 aromatic heterocycles. The van der Waals surface area contributed by atoms with Crippen LogP contribution < -0.4 is 10.6 Å². The van der Waals surface area contributed by atoms with Gasteiger partial charge in [-0.1, -0.05) is 29.7 Å². The van der Waals surface area contributed by atoms with Crippen LogP contribution in [0.1, 0.15) is 19.3 Å². The number of hydrogen-bond donors (Lipinski definition) is 1. The van der Waals surface area contributed by atoms with Crippen molar-refractivity contribution in [3.63, 3.8) is 0 Å². The largest absolute Gasteiger partial charge is 0.337 e. The highest BCUT2D eigenvalue weighted by atomic mass is 32.2. The van der Waals surface area contributed by atoms with Crippen molar-refractivity contribution in [2.24, 2.45) is 5.73 Å². The Bertz CT molecular complexity index is 802. The second-order valence-corrected chi connectivity index (χ2v) is 8.87. The number of para-hydroxylation sites is 1. The number of rotatable bonds is 8. The highest BCUT2D eigenvalue weighted by molar-refractivity contribution is 7.99. The maximum absolute atomic E-state index is 12.3. The van der Waals surface area contributed by atoms with Gasteiger partial charge in [0.25, 0.3) is 0 Å². The molecule has 1 aromatic carbocycles. The fraction of sp³-hybridized carbons (Fsp3) is 0.600. The third kappa shape index (κ3) is 5.11. The van der Waals surface area contributed by atoms with E-state index in [1.165, 1.54) is 0 Å². The van der Waals surface area contributed by atoms with Gasteiger partial charge in [-0.05, 0) is 41.9 Å². The molecule has 30 heavy (non-hydrogen) atoms. The van der Waals surface area contributed by atoms with Gasteiger partial charge in [-0.2, -0.15) is 4.68 Å². The highest BCUT2D eigenvalue weighted by Crippen LogP contribution is 2.18. The van der Waals surface area contributed by atoms with Crippen molar-refractivity contribution in [1.29, 1.82) is 0 Å². The molecule has 2 aliphatic heterocycles. The zero-order valence-electron chi connectivity index (χ0n) is 17.3. The number of hydrogen-bond acceptors (Lipinski definition) is 8. The summed E-state index contributed by atoms with van der Waals surface area (Å²) < 4.78 is 1.80. The third-order valence-electron chi connectivity index (χ3n) is 5.73. The summed E-state index contributed by atoms with van der Waals surface area (Å²) in [6.45, 7) is 5.65. The number of carbonyl (C=O) groups is 1. The molecule has 10 heteroatoms. The number of tetrazole rings is 1. The van der Waals surface area contributed by atoms with Crippen molar-refractivity contribution in [2.45, 2.75) is 25.3 Å². The van der Waals surface area contributed by atoms with Gasteiger partial charge in [-0.25, -0.2) is 0 Å². The van der Waals surface area contributed by atoms with Gasteiger partial charge in [-0.15, -0.1) is 11.8 Å². The molecule has 0 aliphatic carbocycles. The Kier molecular flexibility index (Phi) is 7.19.